The normalized spacial score (nSPS) is 10.7. The number of rotatable bonds is 4. The molecule has 1 rings (SSSR count). The molecule has 0 saturated heterocycles. The van der Waals surface area contributed by atoms with Crippen molar-refractivity contribution in [1.29, 1.82) is 5.26 Å². The predicted molar refractivity (Wildman–Crippen MR) is 65.9 cm³/mol. The number of nitrogens with zero attached hydrogens (tertiary/aromatic N) is 1. The molecule has 0 heterocycles. The van der Waals surface area contributed by atoms with Crippen LogP contribution < -0.4 is 4.74 Å². The molecule has 0 fully saturated rings. The van der Waals surface area contributed by atoms with Crippen LogP contribution in [0.2, 0.25) is 0 Å². The molecule has 0 aromatic heterocycles. The van der Waals surface area contributed by atoms with Gasteiger partial charge in [0.15, 0.2) is 5.78 Å². The Balaban J connectivity index is 2.58. The summed E-state index contributed by atoms with van der Waals surface area (Å²) in [5.41, 5.74) is 1.32. The second-order valence-corrected chi connectivity index (χ2v) is 4.94. The molecule has 3 nitrogen and oxygen atoms in total. The van der Waals surface area contributed by atoms with E-state index in [1.165, 1.54) is 5.56 Å². The van der Waals surface area contributed by atoms with Gasteiger partial charge in [0, 0.05) is 0 Å². The van der Waals surface area contributed by atoms with Crippen molar-refractivity contribution in [3.05, 3.63) is 29.8 Å². The summed E-state index contributed by atoms with van der Waals surface area (Å²) in [4.78, 5) is 11.1. The SMILES string of the molecule is CC(C)(C)c1ccc(OCC(=O)CC#N)cc1. The third-order valence-electron chi connectivity index (χ3n) is 2.40. The molecule has 0 radical (unpaired) electrons. The van der Waals surface area contributed by atoms with Gasteiger partial charge in [0.2, 0.25) is 0 Å². The van der Waals surface area contributed by atoms with Crippen molar-refractivity contribution in [3.8, 4) is 11.8 Å². The smallest absolute Gasteiger partial charge is 0.184 e. The molecule has 0 unspecified atom stereocenters. The minimum atomic E-state index is -0.201. The highest BCUT2D eigenvalue weighted by atomic mass is 16.5. The molecule has 17 heavy (non-hydrogen) atoms. The van der Waals surface area contributed by atoms with E-state index in [2.05, 4.69) is 20.8 Å². The predicted octanol–water partition coefficient (Wildman–Crippen LogP) is 2.85. The van der Waals surface area contributed by atoms with Crippen LogP contribution in [0.5, 0.6) is 5.75 Å². The first-order valence-electron chi connectivity index (χ1n) is 5.55. The number of carbonyl (C=O) groups excluding carboxylic acids is 1. The second-order valence-electron chi connectivity index (χ2n) is 4.94. The van der Waals surface area contributed by atoms with Gasteiger partial charge >= 0.3 is 0 Å². The quantitative estimate of drug-likeness (QED) is 0.800. The summed E-state index contributed by atoms with van der Waals surface area (Å²) in [6.07, 6.45) is -0.0971. The third kappa shape index (κ3) is 4.28. The van der Waals surface area contributed by atoms with Crippen LogP contribution in [-0.4, -0.2) is 12.4 Å². The van der Waals surface area contributed by atoms with Gasteiger partial charge in [0.1, 0.15) is 12.4 Å². The van der Waals surface area contributed by atoms with Crippen molar-refractivity contribution in [2.45, 2.75) is 32.6 Å². The number of benzene rings is 1. The van der Waals surface area contributed by atoms with Gasteiger partial charge < -0.3 is 4.74 Å². The summed E-state index contributed by atoms with van der Waals surface area (Å²) in [5, 5.41) is 8.33. The first-order valence-corrected chi connectivity index (χ1v) is 5.55. The van der Waals surface area contributed by atoms with Crippen molar-refractivity contribution in [3.63, 3.8) is 0 Å². The Morgan fingerprint density at radius 2 is 1.88 bits per heavy atom. The van der Waals surface area contributed by atoms with Crippen LogP contribution in [0.25, 0.3) is 0 Å². The van der Waals surface area contributed by atoms with Gasteiger partial charge in [0.05, 0.1) is 12.5 Å². The fraction of sp³-hybridized carbons (Fsp3) is 0.429. The molecule has 3 heteroatoms. The summed E-state index contributed by atoms with van der Waals surface area (Å²) in [6.45, 7) is 6.38. The van der Waals surface area contributed by atoms with Crippen LogP contribution in [-0.2, 0) is 10.2 Å². The zero-order valence-electron chi connectivity index (χ0n) is 10.5. The van der Waals surface area contributed by atoms with Crippen molar-refractivity contribution in [2.24, 2.45) is 0 Å². The molecule has 0 aliphatic heterocycles. The van der Waals surface area contributed by atoms with E-state index < -0.39 is 0 Å². The summed E-state index contributed by atoms with van der Waals surface area (Å²) in [7, 11) is 0. The lowest BCUT2D eigenvalue weighted by molar-refractivity contribution is -0.120. The second kappa shape index (κ2) is 5.49. The number of ether oxygens (including phenoxy) is 1. The monoisotopic (exact) mass is 231 g/mol. The van der Waals surface area contributed by atoms with E-state index >= 15 is 0 Å². The highest BCUT2D eigenvalue weighted by Gasteiger charge is 2.13. The Hall–Kier alpha value is -1.82. The third-order valence-corrected chi connectivity index (χ3v) is 2.40. The standard InChI is InChI=1S/C14H17NO2/c1-14(2,3)11-4-6-13(7-5-11)17-10-12(16)8-9-15/h4-7H,8,10H2,1-3H3. The number of Topliss-reactive ketones (excluding diaryl/α,β-unsaturated/α-hetero) is 1. The zero-order valence-corrected chi connectivity index (χ0v) is 10.5. The molecule has 1 aromatic carbocycles. The Labute approximate surface area is 102 Å². The Bertz CT molecular complexity index is 421. The topological polar surface area (TPSA) is 50.1 Å². The zero-order chi connectivity index (χ0) is 12.9. The van der Waals surface area contributed by atoms with Gasteiger partial charge in [-0.1, -0.05) is 32.9 Å². The fourth-order valence-electron chi connectivity index (χ4n) is 1.35. The number of ketones is 1. The fourth-order valence-corrected chi connectivity index (χ4v) is 1.35. The Morgan fingerprint density at radius 1 is 1.29 bits per heavy atom. The summed E-state index contributed by atoms with van der Waals surface area (Å²) >= 11 is 0. The van der Waals surface area contributed by atoms with Crippen LogP contribution in [0.1, 0.15) is 32.8 Å². The minimum absolute atomic E-state index is 0.0393. The van der Waals surface area contributed by atoms with E-state index in [4.69, 9.17) is 10.00 Å². The lowest BCUT2D eigenvalue weighted by atomic mass is 9.87. The van der Waals surface area contributed by atoms with Crippen LogP contribution >= 0.6 is 0 Å². The molecule has 0 bridgehead atoms. The van der Waals surface area contributed by atoms with Gasteiger partial charge in [-0.05, 0) is 23.1 Å². The minimum Gasteiger partial charge on any atom is -0.486 e. The lowest BCUT2D eigenvalue weighted by Gasteiger charge is -2.19. The van der Waals surface area contributed by atoms with Gasteiger partial charge in [0.25, 0.3) is 0 Å². The average Bonchev–Trinajstić information content (AvgIpc) is 2.26. The maximum absolute atomic E-state index is 11.1. The molecule has 90 valence electrons. The van der Waals surface area contributed by atoms with E-state index in [9.17, 15) is 4.79 Å². The summed E-state index contributed by atoms with van der Waals surface area (Å²) in [6, 6.07) is 9.48. The number of nitriles is 1. The van der Waals surface area contributed by atoms with Crippen molar-refractivity contribution in [2.75, 3.05) is 6.61 Å². The number of carbonyl (C=O) groups is 1. The largest absolute Gasteiger partial charge is 0.486 e. The van der Waals surface area contributed by atoms with Crippen molar-refractivity contribution < 1.29 is 9.53 Å². The Kier molecular flexibility index (Phi) is 4.28. The summed E-state index contributed by atoms with van der Waals surface area (Å²) < 4.78 is 5.29. The van der Waals surface area contributed by atoms with E-state index in [0.717, 1.165) is 0 Å². The van der Waals surface area contributed by atoms with Gasteiger partial charge in [-0.2, -0.15) is 5.26 Å². The molecule has 0 N–H and O–H groups in total. The van der Waals surface area contributed by atoms with Crippen molar-refractivity contribution >= 4 is 5.78 Å². The highest BCUT2D eigenvalue weighted by molar-refractivity contribution is 5.81. The molecular weight excluding hydrogens is 214 g/mol. The number of hydrogen-bond acceptors (Lipinski definition) is 3. The Morgan fingerprint density at radius 3 is 2.35 bits per heavy atom. The van der Waals surface area contributed by atoms with Crippen LogP contribution in [0.15, 0.2) is 24.3 Å². The van der Waals surface area contributed by atoms with Gasteiger partial charge in [-0.25, -0.2) is 0 Å². The molecule has 0 aliphatic rings. The first-order chi connectivity index (χ1) is 7.93. The van der Waals surface area contributed by atoms with Crippen molar-refractivity contribution in [1.82, 2.24) is 0 Å². The molecule has 0 aliphatic carbocycles. The van der Waals surface area contributed by atoms with E-state index in [0.29, 0.717) is 5.75 Å². The lowest BCUT2D eigenvalue weighted by Crippen LogP contribution is -2.12. The van der Waals surface area contributed by atoms with E-state index in [-0.39, 0.29) is 24.2 Å². The molecular formula is C14H17NO2. The van der Waals surface area contributed by atoms with Gasteiger partial charge in [-0.3, -0.25) is 4.79 Å². The summed E-state index contributed by atoms with van der Waals surface area (Å²) in [5.74, 6) is 0.455. The molecule has 0 spiro atoms. The molecule has 0 atom stereocenters. The van der Waals surface area contributed by atoms with E-state index in [1.807, 2.05) is 24.3 Å². The molecule has 0 amide bonds. The number of hydrogen-bond donors (Lipinski definition) is 0. The maximum atomic E-state index is 11.1. The maximum Gasteiger partial charge on any atom is 0.184 e. The molecule has 0 saturated carbocycles. The van der Waals surface area contributed by atoms with Crippen LogP contribution in [0.4, 0.5) is 0 Å². The van der Waals surface area contributed by atoms with Gasteiger partial charge in [-0.15, -0.1) is 0 Å². The first kappa shape index (κ1) is 13.2. The highest BCUT2D eigenvalue weighted by Crippen LogP contribution is 2.24. The van der Waals surface area contributed by atoms with Crippen LogP contribution in [0, 0.1) is 11.3 Å². The molecule has 1 aromatic rings. The average molecular weight is 231 g/mol. The van der Waals surface area contributed by atoms with Crippen LogP contribution in [0.3, 0.4) is 0 Å². The van der Waals surface area contributed by atoms with E-state index in [1.54, 1.807) is 6.07 Å².